The highest BCUT2D eigenvalue weighted by atomic mass is 31.2. The van der Waals surface area contributed by atoms with Crippen molar-refractivity contribution in [3.63, 3.8) is 0 Å². The molecule has 0 aliphatic carbocycles. The van der Waals surface area contributed by atoms with Gasteiger partial charge in [0.15, 0.2) is 5.85 Å². The molecule has 0 amide bonds. The van der Waals surface area contributed by atoms with E-state index in [4.69, 9.17) is 9.05 Å². The molecule has 0 heterocycles. The smallest absolute Gasteiger partial charge is 0.363 e. The molecule has 0 saturated carbocycles. The lowest BCUT2D eigenvalue weighted by atomic mass is 10.2. The number of hydrogen-bond acceptors (Lipinski definition) is 4. The normalized spacial score (nSPS) is 15.9. The lowest BCUT2D eigenvalue weighted by Gasteiger charge is -2.23. The van der Waals surface area contributed by atoms with Gasteiger partial charge in [-0.05, 0) is 18.4 Å². The van der Waals surface area contributed by atoms with E-state index in [-0.39, 0.29) is 0 Å². The molecular weight excluding hydrogens is 263 g/mol. The van der Waals surface area contributed by atoms with Gasteiger partial charge in [0.25, 0.3) is 0 Å². The van der Waals surface area contributed by atoms with E-state index in [1.54, 1.807) is 24.3 Å². The number of aliphatic hydroxyl groups excluding tert-OH is 1. The van der Waals surface area contributed by atoms with Crippen molar-refractivity contribution in [2.45, 2.75) is 39.0 Å². The Morgan fingerprint density at radius 2 is 1.74 bits per heavy atom. The highest BCUT2D eigenvalue weighted by molar-refractivity contribution is 7.54. The van der Waals surface area contributed by atoms with Gasteiger partial charge in [-0.3, -0.25) is 4.57 Å². The summed E-state index contributed by atoms with van der Waals surface area (Å²) >= 11 is 0. The molecule has 1 aromatic rings. The van der Waals surface area contributed by atoms with Crippen LogP contribution in [0.15, 0.2) is 30.3 Å². The third kappa shape index (κ3) is 5.07. The van der Waals surface area contributed by atoms with Crippen molar-refractivity contribution in [3.05, 3.63) is 35.9 Å². The first-order chi connectivity index (χ1) is 9.14. The van der Waals surface area contributed by atoms with E-state index in [0.717, 1.165) is 19.3 Å². The van der Waals surface area contributed by atoms with Gasteiger partial charge in [0.1, 0.15) is 0 Å². The summed E-state index contributed by atoms with van der Waals surface area (Å²) < 4.78 is 23.3. The Hall–Kier alpha value is -0.670. The Morgan fingerprint density at radius 3 is 2.32 bits per heavy atom. The van der Waals surface area contributed by atoms with E-state index in [9.17, 15) is 9.67 Å². The Bertz CT molecular complexity index is 394. The number of unbranched alkanes of at least 4 members (excludes halogenated alkanes) is 1. The largest absolute Gasteiger partial charge is 0.376 e. The van der Waals surface area contributed by atoms with Gasteiger partial charge >= 0.3 is 7.60 Å². The molecule has 5 heteroatoms. The number of benzene rings is 1. The predicted molar refractivity (Wildman–Crippen MR) is 76.1 cm³/mol. The second-order valence-electron chi connectivity index (χ2n) is 4.34. The molecular formula is C14H23O4P. The van der Waals surface area contributed by atoms with E-state index in [0.29, 0.717) is 18.8 Å². The standard InChI is InChI=1S/C14H23O4P/c1-3-5-12-18-19(16,17-11-4-2)14(15)13-9-7-6-8-10-13/h6-10,14-15H,3-5,11-12H2,1-2H3. The molecule has 2 atom stereocenters. The maximum absolute atomic E-state index is 12.7. The second kappa shape index (κ2) is 8.49. The number of aliphatic hydroxyl groups is 1. The fourth-order valence-electron chi connectivity index (χ4n) is 1.54. The fraction of sp³-hybridized carbons (Fsp3) is 0.571. The highest BCUT2D eigenvalue weighted by Gasteiger charge is 2.35. The van der Waals surface area contributed by atoms with E-state index in [1.807, 2.05) is 19.9 Å². The summed E-state index contributed by atoms with van der Waals surface area (Å²) in [5.41, 5.74) is 0.554. The molecule has 0 spiro atoms. The molecule has 1 rings (SSSR count). The summed E-state index contributed by atoms with van der Waals surface area (Å²) in [4.78, 5) is 0. The van der Waals surface area contributed by atoms with E-state index >= 15 is 0 Å². The van der Waals surface area contributed by atoms with Gasteiger partial charge in [0.05, 0.1) is 13.2 Å². The maximum Gasteiger partial charge on any atom is 0.363 e. The van der Waals surface area contributed by atoms with Crippen LogP contribution in [0.1, 0.15) is 44.5 Å². The lowest BCUT2D eigenvalue weighted by molar-refractivity contribution is 0.141. The Morgan fingerprint density at radius 1 is 1.11 bits per heavy atom. The Labute approximate surface area is 115 Å². The molecule has 1 aromatic carbocycles. The molecule has 108 valence electrons. The first kappa shape index (κ1) is 16.4. The molecule has 0 radical (unpaired) electrons. The van der Waals surface area contributed by atoms with Gasteiger partial charge in [-0.1, -0.05) is 50.6 Å². The van der Waals surface area contributed by atoms with Crippen molar-refractivity contribution in [1.82, 2.24) is 0 Å². The van der Waals surface area contributed by atoms with Crippen LogP contribution in [0.25, 0.3) is 0 Å². The molecule has 0 aromatic heterocycles. The lowest BCUT2D eigenvalue weighted by Crippen LogP contribution is -2.07. The van der Waals surface area contributed by atoms with Crippen LogP contribution >= 0.6 is 7.60 Å². The van der Waals surface area contributed by atoms with Gasteiger partial charge in [-0.2, -0.15) is 0 Å². The Kier molecular flexibility index (Phi) is 7.32. The minimum absolute atomic E-state index is 0.313. The monoisotopic (exact) mass is 286 g/mol. The molecule has 19 heavy (non-hydrogen) atoms. The minimum Gasteiger partial charge on any atom is -0.376 e. The van der Waals surface area contributed by atoms with Crippen molar-refractivity contribution in [2.75, 3.05) is 13.2 Å². The Balaban J connectivity index is 2.79. The third-order valence-corrected chi connectivity index (χ3v) is 4.62. The molecule has 1 N–H and O–H groups in total. The summed E-state index contributed by atoms with van der Waals surface area (Å²) in [5.74, 6) is -1.22. The summed E-state index contributed by atoms with van der Waals surface area (Å²) in [6.45, 7) is 4.59. The van der Waals surface area contributed by atoms with Crippen LogP contribution in [0.5, 0.6) is 0 Å². The molecule has 0 bridgehead atoms. The van der Waals surface area contributed by atoms with Crippen molar-refractivity contribution < 1.29 is 18.7 Å². The first-order valence-electron chi connectivity index (χ1n) is 6.76. The quantitative estimate of drug-likeness (QED) is 0.548. The van der Waals surface area contributed by atoms with Gasteiger partial charge in [0.2, 0.25) is 0 Å². The molecule has 4 nitrogen and oxygen atoms in total. The van der Waals surface area contributed by atoms with Crippen LogP contribution in [-0.4, -0.2) is 18.3 Å². The zero-order chi connectivity index (χ0) is 14.1. The number of rotatable bonds is 9. The van der Waals surface area contributed by atoms with Crippen molar-refractivity contribution in [2.24, 2.45) is 0 Å². The van der Waals surface area contributed by atoms with Gasteiger partial charge in [-0.25, -0.2) is 0 Å². The summed E-state index contributed by atoms with van der Waals surface area (Å²) in [6, 6.07) is 8.85. The van der Waals surface area contributed by atoms with Crippen molar-refractivity contribution in [3.8, 4) is 0 Å². The summed E-state index contributed by atoms with van der Waals surface area (Å²) in [6.07, 6.45) is 2.46. The van der Waals surface area contributed by atoms with Crippen LogP contribution in [0.4, 0.5) is 0 Å². The summed E-state index contributed by atoms with van der Waals surface area (Å²) in [5, 5.41) is 10.3. The maximum atomic E-state index is 12.7. The topological polar surface area (TPSA) is 55.8 Å². The average Bonchev–Trinajstić information content (AvgIpc) is 2.45. The zero-order valence-electron chi connectivity index (χ0n) is 11.6. The van der Waals surface area contributed by atoms with E-state index in [2.05, 4.69) is 0 Å². The van der Waals surface area contributed by atoms with Gasteiger partial charge < -0.3 is 14.2 Å². The molecule has 0 saturated heterocycles. The van der Waals surface area contributed by atoms with Crippen LogP contribution in [0, 0.1) is 0 Å². The predicted octanol–water partition coefficient (Wildman–Crippen LogP) is 4.11. The van der Waals surface area contributed by atoms with Crippen LogP contribution in [0.2, 0.25) is 0 Å². The second-order valence-corrected chi connectivity index (χ2v) is 6.43. The van der Waals surface area contributed by atoms with Crippen molar-refractivity contribution >= 4 is 7.60 Å². The summed E-state index contributed by atoms with van der Waals surface area (Å²) in [7, 11) is -3.52. The van der Waals surface area contributed by atoms with Crippen LogP contribution in [0.3, 0.4) is 0 Å². The minimum atomic E-state index is -3.52. The molecule has 0 aliphatic rings. The zero-order valence-corrected chi connectivity index (χ0v) is 12.5. The van der Waals surface area contributed by atoms with Crippen LogP contribution in [-0.2, 0) is 13.6 Å². The number of hydrogen-bond donors (Lipinski definition) is 1. The van der Waals surface area contributed by atoms with Crippen molar-refractivity contribution in [1.29, 1.82) is 0 Å². The van der Waals surface area contributed by atoms with Gasteiger partial charge in [0, 0.05) is 0 Å². The van der Waals surface area contributed by atoms with Gasteiger partial charge in [-0.15, -0.1) is 0 Å². The fourth-order valence-corrected chi connectivity index (χ4v) is 3.26. The molecule has 2 unspecified atom stereocenters. The van der Waals surface area contributed by atoms with Crippen LogP contribution < -0.4 is 0 Å². The highest BCUT2D eigenvalue weighted by Crippen LogP contribution is 2.59. The average molecular weight is 286 g/mol. The first-order valence-corrected chi connectivity index (χ1v) is 8.37. The van der Waals surface area contributed by atoms with E-state index in [1.165, 1.54) is 0 Å². The van der Waals surface area contributed by atoms with E-state index < -0.39 is 13.4 Å². The molecule has 0 aliphatic heterocycles. The third-order valence-electron chi connectivity index (χ3n) is 2.64. The SMILES string of the molecule is CCCCOP(=O)(OCCC)C(O)c1ccccc1. The molecule has 0 fully saturated rings.